The fourth-order valence-electron chi connectivity index (χ4n) is 4.96. The maximum atomic E-state index is 13.7. The Kier molecular flexibility index (Phi) is 6.17. The number of para-hydroxylation sites is 3. The van der Waals surface area contributed by atoms with Gasteiger partial charge in [0.25, 0.3) is 0 Å². The van der Waals surface area contributed by atoms with Gasteiger partial charge in [0.05, 0.1) is 11.1 Å². The molecular weight excluding hydrogens is 458 g/mol. The van der Waals surface area contributed by atoms with E-state index in [-0.39, 0.29) is 23.6 Å². The number of aromatic amines is 1. The quantitative estimate of drug-likeness (QED) is 0.384. The third-order valence-electron chi connectivity index (χ3n) is 6.95. The molecule has 1 saturated heterocycles. The molecule has 2 amide bonds. The average Bonchev–Trinajstić information content (AvgIpc) is 3.42. The number of hydrogen-bond acceptors (Lipinski definition) is 5. The van der Waals surface area contributed by atoms with Gasteiger partial charge < -0.3 is 25.4 Å². The van der Waals surface area contributed by atoms with Crippen LogP contribution in [-0.2, 0) is 16.0 Å². The zero-order valence-electron chi connectivity index (χ0n) is 20.5. The third-order valence-corrected chi connectivity index (χ3v) is 6.95. The summed E-state index contributed by atoms with van der Waals surface area (Å²) in [4.78, 5) is 43.9. The van der Waals surface area contributed by atoms with Crippen LogP contribution in [0.1, 0.15) is 38.3 Å². The molecule has 36 heavy (non-hydrogen) atoms. The lowest BCUT2D eigenvalue weighted by molar-refractivity contribution is -0.138. The normalized spacial score (nSPS) is 15.9. The zero-order valence-corrected chi connectivity index (χ0v) is 20.5. The van der Waals surface area contributed by atoms with Gasteiger partial charge in [-0.15, -0.1) is 0 Å². The number of benzene rings is 2. The summed E-state index contributed by atoms with van der Waals surface area (Å²) in [5.74, 6) is -0.914. The monoisotopic (exact) mass is 489 g/mol. The Balaban J connectivity index is 1.34. The van der Waals surface area contributed by atoms with Crippen LogP contribution in [0.4, 0.5) is 0 Å². The Morgan fingerprint density at radius 3 is 2.58 bits per heavy atom. The van der Waals surface area contributed by atoms with Crippen molar-refractivity contribution in [3.63, 3.8) is 0 Å². The van der Waals surface area contributed by atoms with Crippen molar-refractivity contribution in [1.29, 1.82) is 0 Å². The molecular formula is C27H31N5O4. The molecule has 0 unspecified atom stereocenters. The van der Waals surface area contributed by atoms with Crippen molar-refractivity contribution in [2.75, 3.05) is 13.1 Å². The number of nitrogens with zero attached hydrogens (tertiary/aromatic N) is 2. The summed E-state index contributed by atoms with van der Waals surface area (Å²) in [6, 6.07) is 14.4. The topological polar surface area (TPSA) is 126 Å². The summed E-state index contributed by atoms with van der Waals surface area (Å²) < 4.78 is 7.09. The van der Waals surface area contributed by atoms with Crippen molar-refractivity contribution in [1.82, 2.24) is 19.8 Å². The predicted octanol–water partition coefficient (Wildman–Crippen LogP) is 2.70. The molecule has 0 spiro atoms. The molecule has 4 aromatic rings. The number of amides is 2. The second kappa shape index (κ2) is 9.31. The van der Waals surface area contributed by atoms with E-state index in [1.165, 1.54) is 0 Å². The minimum Gasteiger partial charge on any atom is -0.408 e. The number of rotatable bonds is 6. The van der Waals surface area contributed by atoms with Crippen LogP contribution >= 0.6 is 0 Å². The summed E-state index contributed by atoms with van der Waals surface area (Å²) in [7, 11) is 0. The molecule has 0 radical (unpaired) electrons. The van der Waals surface area contributed by atoms with Gasteiger partial charge in [0.15, 0.2) is 5.58 Å². The number of H-pyrrole nitrogens is 1. The van der Waals surface area contributed by atoms with Gasteiger partial charge in [0, 0.05) is 42.7 Å². The smallest absolute Gasteiger partial charge is 0.408 e. The van der Waals surface area contributed by atoms with E-state index in [0.717, 1.165) is 22.0 Å². The standard InChI is InChI=1S/C27H31N5O4/c1-27(2,28)25(34)30-21(15-17-16-29-20-8-4-3-7-19(17)20)24(33)31-13-11-18(12-14-31)32-22-9-5-6-10-23(22)36-26(32)35/h3-10,16,18,21,29H,11-15,28H2,1-2H3,(H,30,34)/t21-/m1/s1. The van der Waals surface area contributed by atoms with E-state index in [1.807, 2.05) is 48.7 Å². The van der Waals surface area contributed by atoms with Gasteiger partial charge in [0.2, 0.25) is 11.8 Å². The highest BCUT2D eigenvalue weighted by atomic mass is 16.4. The molecule has 3 heterocycles. The highest BCUT2D eigenvalue weighted by molar-refractivity contribution is 5.92. The van der Waals surface area contributed by atoms with Crippen LogP contribution in [0.25, 0.3) is 22.0 Å². The van der Waals surface area contributed by atoms with Crippen LogP contribution in [0.3, 0.4) is 0 Å². The number of carbonyl (C=O) groups excluding carboxylic acids is 2. The largest absolute Gasteiger partial charge is 0.420 e. The SMILES string of the molecule is CC(C)(N)C(=O)N[C@H](Cc1c[nH]c2ccccc12)C(=O)N1CCC(n2c(=O)oc3ccccc32)CC1. The zero-order chi connectivity index (χ0) is 25.4. The van der Waals surface area contributed by atoms with Crippen LogP contribution in [-0.4, -0.2) is 50.9 Å². The second-order valence-electron chi connectivity index (χ2n) is 10.1. The molecule has 1 aliphatic rings. The molecule has 1 atom stereocenters. The molecule has 1 fully saturated rings. The Bertz CT molecular complexity index is 1470. The number of nitrogens with one attached hydrogen (secondary N) is 2. The lowest BCUT2D eigenvalue weighted by Crippen LogP contribution is -2.57. The van der Waals surface area contributed by atoms with Crippen molar-refractivity contribution in [2.24, 2.45) is 5.73 Å². The summed E-state index contributed by atoms with van der Waals surface area (Å²) in [5.41, 5.74) is 8.15. The van der Waals surface area contributed by atoms with Gasteiger partial charge in [0.1, 0.15) is 6.04 Å². The molecule has 2 aromatic carbocycles. The van der Waals surface area contributed by atoms with Crippen LogP contribution in [0, 0.1) is 0 Å². The van der Waals surface area contributed by atoms with Gasteiger partial charge in [-0.1, -0.05) is 30.3 Å². The van der Waals surface area contributed by atoms with E-state index < -0.39 is 11.6 Å². The van der Waals surface area contributed by atoms with Crippen LogP contribution in [0.15, 0.2) is 63.9 Å². The summed E-state index contributed by atoms with van der Waals surface area (Å²) >= 11 is 0. The molecule has 0 saturated carbocycles. The van der Waals surface area contributed by atoms with E-state index in [0.29, 0.717) is 37.9 Å². The third kappa shape index (κ3) is 4.54. The number of nitrogens with two attached hydrogens (primary N) is 1. The first-order chi connectivity index (χ1) is 17.2. The first-order valence-electron chi connectivity index (χ1n) is 12.3. The number of likely N-dealkylation sites (tertiary alicyclic amines) is 1. The molecule has 9 heteroatoms. The molecule has 4 N–H and O–H groups in total. The molecule has 1 aliphatic heterocycles. The van der Waals surface area contributed by atoms with Crippen molar-refractivity contribution in [3.8, 4) is 0 Å². The van der Waals surface area contributed by atoms with E-state index in [1.54, 1.807) is 29.4 Å². The number of aromatic nitrogens is 2. The van der Waals surface area contributed by atoms with Gasteiger partial charge in [-0.25, -0.2) is 4.79 Å². The molecule has 2 aromatic heterocycles. The second-order valence-corrected chi connectivity index (χ2v) is 10.1. The lowest BCUT2D eigenvalue weighted by Gasteiger charge is -2.35. The van der Waals surface area contributed by atoms with E-state index in [9.17, 15) is 14.4 Å². The lowest BCUT2D eigenvalue weighted by atomic mass is 9.99. The molecule has 9 nitrogen and oxygen atoms in total. The first kappa shape index (κ1) is 23.9. The average molecular weight is 490 g/mol. The van der Waals surface area contributed by atoms with Crippen molar-refractivity contribution >= 4 is 33.8 Å². The first-order valence-corrected chi connectivity index (χ1v) is 12.3. The molecule has 5 rings (SSSR count). The number of piperidine rings is 1. The number of carbonyl (C=O) groups is 2. The van der Waals surface area contributed by atoms with Crippen LogP contribution in [0.5, 0.6) is 0 Å². The minimum absolute atomic E-state index is 0.0603. The van der Waals surface area contributed by atoms with Crippen LogP contribution < -0.4 is 16.8 Å². The fourth-order valence-corrected chi connectivity index (χ4v) is 4.96. The van der Waals surface area contributed by atoms with E-state index in [2.05, 4.69) is 10.3 Å². The number of hydrogen-bond donors (Lipinski definition) is 3. The number of fused-ring (bicyclic) bond motifs is 2. The number of oxazole rings is 1. The van der Waals surface area contributed by atoms with Crippen molar-refractivity contribution < 1.29 is 14.0 Å². The van der Waals surface area contributed by atoms with Gasteiger partial charge >= 0.3 is 5.76 Å². The Labute approximate surface area is 208 Å². The molecule has 0 bridgehead atoms. The minimum atomic E-state index is -1.12. The van der Waals surface area contributed by atoms with Crippen LogP contribution in [0.2, 0.25) is 0 Å². The maximum Gasteiger partial charge on any atom is 0.420 e. The van der Waals surface area contributed by atoms with Gasteiger partial charge in [-0.2, -0.15) is 0 Å². The van der Waals surface area contributed by atoms with E-state index in [4.69, 9.17) is 10.2 Å². The summed E-state index contributed by atoms with van der Waals surface area (Å²) in [5, 5.41) is 3.91. The molecule has 0 aliphatic carbocycles. The Morgan fingerprint density at radius 2 is 1.83 bits per heavy atom. The van der Waals surface area contributed by atoms with Crippen molar-refractivity contribution in [2.45, 2.75) is 50.7 Å². The Morgan fingerprint density at radius 1 is 1.14 bits per heavy atom. The van der Waals surface area contributed by atoms with E-state index >= 15 is 0 Å². The summed E-state index contributed by atoms with van der Waals surface area (Å²) in [6.07, 6.45) is 3.46. The Hall–Kier alpha value is -3.85. The van der Waals surface area contributed by atoms with Crippen molar-refractivity contribution in [3.05, 3.63) is 70.8 Å². The molecule has 188 valence electrons. The highest BCUT2D eigenvalue weighted by Gasteiger charge is 2.34. The summed E-state index contributed by atoms with van der Waals surface area (Å²) in [6.45, 7) is 4.19. The fraction of sp³-hybridized carbons (Fsp3) is 0.370. The van der Waals surface area contributed by atoms with Gasteiger partial charge in [-0.05, 0) is 50.5 Å². The maximum absolute atomic E-state index is 13.7. The predicted molar refractivity (Wildman–Crippen MR) is 138 cm³/mol. The van der Waals surface area contributed by atoms with Gasteiger partial charge in [-0.3, -0.25) is 14.2 Å². The highest BCUT2D eigenvalue weighted by Crippen LogP contribution is 2.27.